The molecular formula is C25H28O5. The summed E-state index contributed by atoms with van der Waals surface area (Å²) in [6.45, 7) is 3.90. The van der Waals surface area contributed by atoms with Crippen molar-refractivity contribution in [3.05, 3.63) is 48.0 Å². The van der Waals surface area contributed by atoms with E-state index in [9.17, 15) is 19.5 Å². The van der Waals surface area contributed by atoms with Gasteiger partial charge in [0.15, 0.2) is 5.78 Å². The van der Waals surface area contributed by atoms with Gasteiger partial charge in [-0.15, -0.1) is 11.8 Å². The largest absolute Gasteiger partial charge is 0.458 e. The Kier molecular flexibility index (Phi) is 7.23. The van der Waals surface area contributed by atoms with E-state index in [4.69, 9.17) is 4.74 Å². The number of ether oxygens (including phenoxy) is 1. The molecule has 0 radical (unpaired) electrons. The summed E-state index contributed by atoms with van der Waals surface area (Å²) in [6, 6.07) is 8.71. The van der Waals surface area contributed by atoms with Gasteiger partial charge in [0.2, 0.25) is 5.78 Å². The van der Waals surface area contributed by atoms with Crippen molar-refractivity contribution in [1.82, 2.24) is 0 Å². The average molecular weight is 408 g/mol. The smallest absolute Gasteiger partial charge is 0.338 e. The fraction of sp³-hybridized carbons (Fsp3) is 0.480. The molecule has 1 N–H and O–H groups in total. The van der Waals surface area contributed by atoms with Crippen LogP contribution < -0.4 is 0 Å². The van der Waals surface area contributed by atoms with Gasteiger partial charge >= 0.3 is 5.97 Å². The third-order valence-electron chi connectivity index (χ3n) is 6.07. The van der Waals surface area contributed by atoms with Crippen molar-refractivity contribution in [3.8, 4) is 11.8 Å². The lowest BCUT2D eigenvalue weighted by Gasteiger charge is -2.22. The number of aliphatic hydroxyl groups is 1. The monoisotopic (exact) mass is 408 g/mol. The minimum atomic E-state index is -0.700. The third kappa shape index (κ3) is 4.88. The zero-order valence-corrected chi connectivity index (χ0v) is 17.4. The highest BCUT2D eigenvalue weighted by molar-refractivity contribution is 6.40. The summed E-state index contributed by atoms with van der Waals surface area (Å²) in [5.74, 6) is 3.97. The molecule has 0 aromatic heterocycles. The molecule has 3 rings (SSSR count). The van der Waals surface area contributed by atoms with E-state index in [0.29, 0.717) is 18.4 Å². The molecular weight excluding hydrogens is 380 g/mol. The first-order valence-electron chi connectivity index (χ1n) is 10.6. The maximum absolute atomic E-state index is 12.5. The van der Waals surface area contributed by atoms with Gasteiger partial charge in [0.25, 0.3) is 0 Å². The Bertz CT molecular complexity index is 876. The molecule has 5 nitrogen and oxygen atoms in total. The van der Waals surface area contributed by atoms with Crippen LogP contribution in [0.3, 0.4) is 0 Å². The topological polar surface area (TPSA) is 80.7 Å². The molecule has 0 bridgehead atoms. The number of carbonyl (C=O) groups excluding carboxylic acids is 3. The van der Waals surface area contributed by atoms with E-state index in [1.165, 1.54) is 0 Å². The maximum atomic E-state index is 12.5. The lowest BCUT2D eigenvalue weighted by atomic mass is 9.89. The van der Waals surface area contributed by atoms with E-state index in [0.717, 1.165) is 6.42 Å². The Morgan fingerprint density at radius 1 is 1.27 bits per heavy atom. The number of Topliss-reactive ketones (excluding diaryl/α,β-unsaturated/α-hetero) is 2. The maximum Gasteiger partial charge on any atom is 0.338 e. The molecule has 1 aromatic carbocycles. The molecule has 0 aliphatic heterocycles. The average Bonchev–Trinajstić information content (AvgIpc) is 3.22. The van der Waals surface area contributed by atoms with E-state index in [-0.39, 0.29) is 35.7 Å². The molecule has 2 aliphatic carbocycles. The lowest BCUT2D eigenvalue weighted by Crippen LogP contribution is -2.25. The second-order valence-corrected chi connectivity index (χ2v) is 8.15. The Labute approximate surface area is 177 Å². The number of hydrogen-bond donors (Lipinski definition) is 1. The second-order valence-electron chi connectivity index (χ2n) is 8.15. The molecule has 158 valence electrons. The van der Waals surface area contributed by atoms with E-state index in [1.54, 1.807) is 30.3 Å². The van der Waals surface area contributed by atoms with Gasteiger partial charge in [-0.05, 0) is 30.4 Å². The number of fused-ring (bicyclic) bond motifs is 1. The molecule has 30 heavy (non-hydrogen) atoms. The van der Waals surface area contributed by atoms with Crippen molar-refractivity contribution in [1.29, 1.82) is 0 Å². The lowest BCUT2D eigenvalue weighted by molar-refractivity contribution is -0.136. The minimum absolute atomic E-state index is 0.0466. The normalized spacial score (nSPS) is 27.4. The van der Waals surface area contributed by atoms with E-state index < -0.39 is 24.1 Å². The van der Waals surface area contributed by atoms with Gasteiger partial charge in [0.1, 0.15) is 6.10 Å². The Balaban J connectivity index is 1.74. The van der Waals surface area contributed by atoms with Gasteiger partial charge in [-0.1, -0.05) is 44.2 Å². The molecule has 2 unspecified atom stereocenters. The fourth-order valence-corrected chi connectivity index (χ4v) is 4.31. The number of aliphatic hydroxyl groups excluding tert-OH is 1. The SMILES string of the molecule is CCC#CCC(C)C(O)C=C[C@@H]1[C@H]2CC(=O)C(=O)[C@H]2C[C@H]1OC(=O)c1ccccc1. The molecule has 0 heterocycles. The highest BCUT2D eigenvalue weighted by Crippen LogP contribution is 2.46. The van der Waals surface area contributed by atoms with Crippen LogP contribution in [0, 0.1) is 35.5 Å². The summed E-state index contributed by atoms with van der Waals surface area (Å²) in [7, 11) is 0. The van der Waals surface area contributed by atoms with Gasteiger partial charge in [-0.25, -0.2) is 4.79 Å². The van der Waals surface area contributed by atoms with E-state index in [1.807, 2.05) is 26.0 Å². The molecule has 2 saturated carbocycles. The number of esters is 1. The standard InChI is InChI=1S/C25H28O5/c1-3-4-6-9-16(2)21(26)13-12-18-19-14-22(27)24(28)20(19)15-23(18)30-25(29)17-10-7-5-8-11-17/h5,7-8,10-13,16,18-21,23,26H,3,9,14-15H2,1-2H3/t16?,18-,19-,20+,21?,23-/m1/s1. The summed E-state index contributed by atoms with van der Waals surface area (Å²) in [4.78, 5) is 36.7. The highest BCUT2D eigenvalue weighted by Gasteiger charge is 2.53. The Morgan fingerprint density at radius 2 is 2.00 bits per heavy atom. The fourth-order valence-electron chi connectivity index (χ4n) is 4.31. The summed E-state index contributed by atoms with van der Waals surface area (Å²) >= 11 is 0. The van der Waals surface area contributed by atoms with Gasteiger partial charge in [0.05, 0.1) is 11.7 Å². The zero-order chi connectivity index (χ0) is 21.7. The summed E-state index contributed by atoms with van der Waals surface area (Å²) in [6.07, 6.45) is 4.20. The summed E-state index contributed by atoms with van der Waals surface area (Å²) in [5, 5.41) is 10.5. The van der Waals surface area contributed by atoms with Crippen LogP contribution in [-0.2, 0) is 14.3 Å². The third-order valence-corrected chi connectivity index (χ3v) is 6.07. The molecule has 0 saturated heterocycles. The summed E-state index contributed by atoms with van der Waals surface area (Å²) in [5.41, 5.74) is 0.447. The van der Waals surface area contributed by atoms with Crippen molar-refractivity contribution in [3.63, 3.8) is 0 Å². The Hall–Kier alpha value is -2.71. The number of ketones is 2. The quantitative estimate of drug-likeness (QED) is 0.338. The van der Waals surface area contributed by atoms with Crippen LogP contribution in [0.5, 0.6) is 0 Å². The first kappa shape index (κ1) is 22.0. The van der Waals surface area contributed by atoms with Gasteiger partial charge in [0, 0.05) is 31.1 Å². The van der Waals surface area contributed by atoms with Crippen LogP contribution in [-0.4, -0.2) is 34.9 Å². The molecule has 2 fully saturated rings. The van der Waals surface area contributed by atoms with Crippen molar-refractivity contribution >= 4 is 17.5 Å². The van der Waals surface area contributed by atoms with Crippen molar-refractivity contribution in [2.24, 2.45) is 23.7 Å². The van der Waals surface area contributed by atoms with Gasteiger partial charge in [-0.3, -0.25) is 9.59 Å². The van der Waals surface area contributed by atoms with Crippen LogP contribution in [0.1, 0.15) is 49.9 Å². The van der Waals surface area contributed by atoms with E-state index >= 15 is 0 Å². The molecule has 0 spiro atoms. The molecule has 0 amide bonds. The molecule has 6 atom stereocenters. The molecule has 2 aliphatic rings. The van der Waals surface area contributed by atoms with Gasteiger partial charge < -0.3 is 9.84 Å². The van der Waals surface area contributed by atoms with Crippen LogP contribution in [0.4, 0.5) is 0 Å². The Morgan fingerprint density at radius 3 is 2.70 bits per heavy atom. The first-order valence-corrected chi connectivity index (χ1v) is 10.6. The predicted molar refractivity (Wildman–Crippen MR) is 112 cm³/mol. The predicted octanol–water partition coefficient (Wildman–Crippen LogP) is 3.36. The van der Waals surface area contributed by atoms with Crippen LogP contribution >= 0.6 is 0 Å². The van der Waals surface area contributed by atoms with Crippen LogP contribution in [0.25, 0.3) is 0 Å². The molecule has 1 aromatic rings. The first-order chi connectivity index (χ1) is 14.4. The highest BCUT2D eigenvalue weighted by atomic mass is 16.5. The van der Waals surface area contributed by atoms with Crippen LogP contribution in [0.2, 0.25) is 0 Å². The van der Waals surface area contributed by atoms with E-state index in [2.05, 4.69) is 11.8 Å². The van der Waals surface area contributed by atoms with Crippen molar-refractivity contribution in [2.75, 3.05) is 0 Å². The number of hydrogen-bond acceptors (Lipinski definition) is 5. The van der Waals surface area contributed by atoms with Gasteiger partial charge in [-0.2, -0.15) is 0 Å². The second kappa shape index (κ2) is 9.86. The summed E-state index contributed by atoms with van der Waals surface area (Å²) < 4.78 is 5.74. The number of carbonyl (C=O) groups is 3. The number of benzene rings is 1. The molecule has 5 heteroatoms. The zero-order valence-electron chi connectivity index (χ0n) is 17.4. The van der Waals surface area contributed by atoms with Crippen LogP contribution in [0.15, 0.2) is 42.5 Å². The number of rotatable bonds is 6. The van der Waals surface area contributed by atoms with Crippen molar-refractivity contribution < 1.29 is 24.2 Å². The van der Waals surface area contributed by atoms with Crippen molar-refractivity contribution in [2.45, 2.75) is 51.7 Å². The minimum Gasteiger partial charge on any atom is -0.458 e.